The molecule has 0 aliphatic carbocycles. The molecule has 0 spiro atoms. The number of para-hydroxylation sites is 1. The number of aryl methyl sites for hydroxylation is 1. The molecule has 74 valence electrons. The van der Waals surface area contributed by atoms with Crippen LogP contribution in [0.15, 0.2) is 29.1 Å². The number of unbranched alkanes of at least 4 members (excludes halogenated alkanes) is 1. The first-order valence-electron chi connectivity index (χ1n) is 4.94. The smallest absolute Gasteiger partial charge is 0.272 e. The van der Waals surface area contributed by atoms with Gasteiger partial charge in [-0.25, -0.2) is 4.79 Å². The molecular formula is C11H14NOS+. The molecule has 1 N–H and O–H groups in total. The zero-order valence-corrected chi connectivity index (χ0v) is 9.06. The number of nitrogens with one attached hydrogen (secondary N) is 1. The van der Waals surface area contributed by atoms with Gasteiger partial charge in [-0.2, -0.15) is 0 Å². The summed E-state index contributed by atoms with van der Waals surface area (Å²) in [6.07, 6.45) is 2.28. The summed E-state index contributed by atoms with van der Waals surface area (Å²) < 4.78 is 1.20. The van der Waals surface area contributed by atoms with Gasteiger partial charge in [0.25, 0.3) is 0 Å². The summed E-state index contributed by atoms with van der Waals surface area (Å²) in [5, 5.41) is 0. The first kappa shape index (κ1) is 9.46. The molecule has 0 saturated carbocycles. The third-order valence-corrected chi connectivity index (χ3v) is 4.45. The second-order valence-corrected chi connectivity index (χ2v) is 5.36. The minimum absolute atomic E-state index is 0.194. The number of hydrogen-bond acceptors (Lipinski definition) is 1. The summed E-state index contributed by atoms with van der Waals surface area (Å²) in [5.41, 5.74) is 1.01. The van der Waals surface area contributed by atoms with E-state index in [0.29, 0.717) is 0 Å². The molecule has 0 fully saturated rings. The first-order valence-corrected chi connectivity index (χ1v) is 6.33. The summed E-state index contributed by atoms with van der Waals surface area (Å²) in [6.45, 7) is 2.16. The van der Waals surface area contributed by atoms with Crippen molar-refractivity contribution in [1.29, 1.82) is 0 Å². The molecule has 2 nitrogen and oxygen atoms in total. The SMILES string of the molecule is CCCC[s+]1c(=O)[nH]c2ccccc21. The van der Waals surface area contributed by atoms with Gasteiger partial charge in [0.05, 0.1) is 10.5 Å². The first-order chi connectivity index (χ1) is 6.83. The Hall–Kier alpha value is -1.09. The maximum absolute atomic E-state index is 11.6. The number of aromatic nitrogens is 1. The van der Waals surface area contributed by atoms with Gasteiger partial charge in [-0.3, -0.25) is 4.98 Å². The largest absolute Gasteiger partial charge is 0.455 e. The number of fused-ring (bicyclic) bond motifs is 1. The van der Waals surface area contributed by atoms with Crippen molar-refractivity contribution >= 4 is 20.7 Å². The molecule has 1 unspecified atom stereocenters. The lowest BCUT2D eigenvalue weighted by Crippen LogP contribution is -1.96. The molecule has 0 bridgehead atoms. The highest BCUT2D eigenvalue weighted by molar-refractivity contribution is 7.34. The number of rotatable bonds is 3. The van der Waals surface area contributed by atoms with Gasteiger partial charge in [0.15, 0.2) is 0 Å². The molecule has 0 aliphatic rings. The van der Waals surface area contributed by atoms with Crippen LogP contribution in [0.3, 0.4) is 0 Å². The van der Waals surface area contributed by atoms with Crippen LogP contribution in [-0.2, 0) is 5.75 Å². The Bertz CT molecular complexity index is 483. The number of hydrogen-bond donors (Lipinski definition) is 1. The van der Waals surface area contributed by atoms with Crippen LogP contribution >= 0.6 is 10.5 Å². The van der Waals surface area contributed by atoms with E-state index in [1.807, 2.05) is 18.2 Å². The Balaban J connectivity index is 2.51. The fourth-order valence-corrected chi connectivity index (χ4v) is 3.59. The molecule has 2 rings (SSSR count). The average molecular weight is 208 g/mol. The lowest BCUT2D eigenvalue weighted by atomic mass is 10.3. The molecule has 0 amide bonds. The molecule has 0 radical (unpaired) electrons. The average Bonchev–Trinajstić information content (AvgIpc) is 2.51. The summed E-state index contributed by atoms with van der Waals surface area (Å²) in [4.78, 5) is 14.8. The summed E-state index contributed by atoms with van der Waals surface area (Å²) in [6, 6.07) is 8.01. The monoisotopic (exact) mass is 208 g/mol. The van der Waals surface area contributed by atoms with Crippen LogP contribution in [0, 0.1) is 0 Å². The van der Waals surface area contributed by atoms with Gasteiger partial charge in [0.1, 0.15) is 11.3 Å². The van der Waals surface area contributed by atoms with Crippen molar-refractivity contribution in [2.24, 2.45) is 0 Å². The van der Waals surface area contributed by atoms with Crippen molar-refractivity contribution < 1.29 is 0 Å². The van der Waals surface area contributed by atoms with Gasteiger partial charge in [-0.1, -0.05) is 25.5 Å². The van der Waals surface area contributed by atoms with Crippen LogP contribution in [0.4, 0.5) is 0 Å². The summed E-state index contributed by atoms with van der Waals surface area (Å²) in [7, 11) is -0.197. The number of aromatic amines is 1. The van der Waals surface area contributed by atoms with E-state index < -0.39 is 0 Å². The second-order valence-electron chi connectivity index (χ2n) is 3.36. The lowest BCUT2D eigenvalue weighted by Gasteiger charge is -1.86. The van der Waals surface area contributed by atoms with E-state index in [1.54, 1.807) is 0 Å². The van der Waals surface area contributed by atoms with Gasteiger partial charge in [-0.05, 0) is 12.5 Å². The van der Waals surface area contributed by atoms with Crippen molar-refractivity contribution in [1.82, 2.24) is 4.98 Å². The van der Waals surface area contributed by atoms with E-state index in [0.717, 1.165) is 24.1 Å². The molecular weight excluding hydrogens is 194 g/mol. The van der Waals surface area contributed by atoms with Gasteiger partial charge in [0.2, 0.25) is 4.70 Å². The van der Waals surface area contributed by atoms with Crippen LogP contribution in [0.25, 0.3) is 10.2 Å². The molecule has 3 heteroatoms. The molecule has 0 saturated heterocycles. The van der Waals surface area contributed by atoms with Crippen LogP contribution < -0.4 is 4.87 Å². The number of benzene rings is 1. The van der Waals surface area contributed by atoms with Crippen LogP contribution in [0.1, 0.15) is 19.8 Å². The minimum Gasteiger partial charge on any atom is -0.272 e. The quantitative estimate of drug-likeness (QED) is 0.772. The maximum atomic E-state index is 11.6. The van der Waals surface area contributed by atoms with Crippen molar-refractivity contribution in [3.8, 4) is 0 Å². The van der Waals surface area contributed by atoms with E-state index in [2.05, 4.69) is 18.0 Å². The highest BCUT2D eigenvalue weighted by atomic mass is 32.2. The molecule has 1 aromatic carbocycles. The third-order valence-electron chi connectivity index (χ3n) is 2.32. The van der Waals surface area contributed by atoms with Crippen molar-refractivity contribution in [3.05, 3.63) is 33.9 Å². The van der Waals surface area contributed by atoms with E-state index in [-0.39, 0.29) is 15.3 Å². The van der Waals surface area contributed by atoms with E-state index in [9.17, 15) is 4.79 Å². The topological polar surface area (TPSA) is 32.9 Å². The molecule has 1 aromatic heterocycles. The van der Waals surface area contributed by atoms with E-state index in [4.69, 9.17) is 0 Å². The molecule has 1 heterocycles. The number of thiazole rings is 1. The fourth-order valence-electron chi connectivity index (χ4n) is 1.55. The standard InChI is InChI=1S/C11H13NOS/c1-2-3-8-14-10-7-5-4-6-9(10)12-11(14)13/h4-7H,2-3,8H2,1H3/p+1. The van der Waals surface area contributed by atoms with Crippen molar-refractivity contribution in [2.45, 2.75) is 25.5 Å². The second kappa shape index (κ2) is 3.96. The third kappa shape index (κ3) is 1.60. The maximum Gasteiger partial charge on any atom is 0.455 e. The Morgan fingerprint density at radius 3 is 2.93 bits per heavy atom. The molecule has 2 aromatic rings. The summed E-state index contributed by atoms with van der Waals surface area (Å²) >= 11 is 0. The van der Waals surface area contributed by atoms with Crippen LogP contribution in [0.5, 0.6) is 0 Å². The van der Waals surface area contributed by atoms with Crippen LogP contribution in [0.2, 0.25) is 0 Å². The number of H-pyrrole nitrogens is 1. The predicted molar refractivity (Wildman–Crippen MR) is 62.0 cm³/mol. The Labute approximate surface area is 85.6 Å². The minimum atomic E-state index is -0.197. The van der Waals surface area contributed by atoms with Gasteiger partial charge < -0.3 is 0 Å². The van der Waals surface area contributed by atoms with Gasteiger partial charge >= 0.3 is 4.87 Å². The van der Waals surface area contributed by atoms with E-state index >= 15 is 0 Å². The molecule has 0 aliphatic heterocycles. The zero-order valence-electron chi connectivity index (χ0n) is 8.25. The van der Waals surface area contributed by atoms with Crippen LogP contribution in [-0.4, -0.2) is 4.98 Å². The Kier molecular flexibility index (Phi) is 2.68. The van der Waals surface area contributed by atoms with Gasteiger partial charge in [-0.15, -0.1) is 0 Å². The lowest BCUT2D eigenvalue weighted by molar-refractivity contribution is 0.853. The summed E-state index contributed by atoms with van der Waals surface area (Å²) in [5.74, 6) is 0.999. The predicted octanol–water partition coefficient (Wildman–Crippen LogP) is 3.08. The molecule has 14 heavy (non-hydrogen) atoms. The fraction of sp³-hybridized carbons (Fsp3) is 0.364. The zero-order chi connectivity index (χ0) is 9.97. The van der Waals surface area contributed by atoms with Crippen molar-refractivity contribution in [2.75, 3.05) is 0 Å². The Morgan fingerprint density at radius 1 is 1.36 bits per heavy atom. The highest BCUT2D eigenvalue weighted by Crippen LogP contribution is 2.26. The van der Waals surface area contributed by atoms with E-state index in [1.165, 1.54) is 4.70 Å². The normalized spacial score (nSPS) is 12.2. The molecule has 1 atom stereocenters. The van der Waals surface area contributed by atoms with Gasteiger partial charge in [0, 0.05) is 6.07 Å². The Morgan fingerprint density at radius 2 is 2.14 bits per heavy atom. The van der Waals surface area contributed by atoms with Crippen molar-refractivity contribution in [3.63, 3.8) is 0 Å². The highest BCUT2D eigenvalue weighted by Gasteiger charge is 2.17.